The van der Waals surface area contributed by atoms with Gasteiger partial charge in [0.1, 0.15) is 0 Å². The van der Waals surface area contributed by atoms with Crippen molar-refractivity contribution in [1.29, 1.82) is 0 Å². The highest BCUT2D eigenvalue weighted by Crippen LogP contribution is 2.23. The highest BCUT2D eigenvalue weighted by molar-refractivity contribution is 6.31. The Morgan fingerprint density at radius 2 is 1.16 bits per heavy atom. The number of benzene rings is 2. The number of nitrogens with zero attached hydrogens (tertiary/aromatic N) is 4. The summed E-state index contributed by atoms with van der Waals surface area (Å²) in [5, 5.41) is 8.95. The van der Waals surface area contributed by atoms with Gasteiger partial charge in [-0.05, 0) is 49.2 Å². The third-order valence-electron chi connectivity index (χ3n) is 4.57. The van der Waals surface area contributed by atoms with Crippen LogP contribution >= 0.6 is 23.2 Å². The molecule has 0 spiro atoms. The van der Waals surface area contributed by atoms with Gasteiger partial charge in [0.05, 0.1) is 12.1 Å². The van der Waals surface area contributed by atoms with Gasteiger partial charge in [0.2, 0.25) is 0 Å². The SMILES string of the molecule is CCC(N)c1noc(-c2cccc(Cl)c2)n1.CCC(N)c1noc(-c2cccc(Cl)c2)n1. The van der Waals surface area contributed by atoms with E-state index < -0.39 is 0 Å². The summed E-state index contributed by atoms with van der Waals surface area (Å²) in [5.74, 6) is 1.94. The highest BCUT2D eigenvalue weighted by atomic mass is 35.5. The summed E-state index contributed by atoms with van der Waals surface area (Å²) in [6.07, 6.45) is 1.54. The van der Waals surface area contributed by atoms with Crippen LogP contribution in [-0.4, -0.2) is 20.3 Å². The molecule has 0 radical (unpaired) electrons. The standard InChI is InChI=1S/2C11H12ClN3O/c2*1-2-9(13)10-14-11(16-15-10)7-4-3-5-8(12)6-7/h2*3-6,9H,2,13H2,1H3. The average molecular weight is 475 g/mol. The Morgan fingerprint density at radius 3 is 1.50 bits per heavy atom. The van der Waals surface area contributed by atoms with Crippen molar-refractivity contribution in [2.45, 2.75) is 38.8 Å². The zero-order valence-corrected chi connectivity index (χ0v) is 19.2. The Labute approximate surface area is 195 Å². The summed E-state index contributed by atoms with van der Waals surface area (Å²) in [7, 11) is 0. The molecule has 0 saturated heterocycles. The van der Waals surface area contributed by atoms with Crippen LogP contribution in [0, 0.1) is 0 Å². The van der Waals surface area contributed by atoms with Gasteiger partial charge in [-0.3, -0.25) is 0 Å². The molecule has 2 unspecified atom stereocenters. The maximum atomic E-state index is 5.88. The summed E-state index contributed by atoms with van der Waals surface area (Å²) in [4.78, 5) is 8.46. The van der Waals surface area contributed by atoms with Gasteiger partial charge in [0.15, 0.2) is 11.6 Å². The zero-order chi connectivity index (χ0) is 23.1. The van der Waals surface area contributed by atoms with Crippen LogP contribution in [0.15, 0.2) is 57.6 Å². The van der Waals surface area contributed by atoms with Gasteiger partial charge in [-0.2, -0.15) is 9.97 Å². The normalized spacial score (nSPS) is 12.7. The summed E-state index contributed by atoms with van der Waals surface area (Å²) in [5.41, 5.74) is 13.2. The molecule has 2 heterocycles. The van der Waals surface area contributed by atoms with Gasteiger partial charge in [-0.1, -0.05) is 59.5 Å². The maximum Gasteiger partial charge on any atom is 0.258 e. The van der Waals surface area contributed by atoms with Gasteiger partial charge in [-0.15, -0.1) is 0 Å². The fourth-order valence-corrected chi connectivity index (χ4v) is 2.99. The molecule has 4 rings (SSSR count). The van der Waals surface area contributed by atoms with Gasteiger partial charge in [-0.25, -0.2) is 0 Å². The molecule has 2 aromatic heterocycles. The molecule has 2 atom stereocenters. The number of rotatable bonds is 6. The second-order valence-electron chi connectivity index (χ2n) is 6.97. The first-order valence-electron chi connectivity index (χ1n) is 10.1. The van der Waals surface area contributed by atoms with Crippen molar-refractivity contribution in [3.05, 3.63) is 70.2 Å². The van der Waals surface area contributed by atoms with Crippen LogP contribution in [0.5, 0.6) is 0 Å². The number of aromatic nitrogens is 4. The van der Waals surface area contributed by atoms with Crippen LogP contribution in [0.2, 0.25) is 10.0 Å². The fraction of sp³-hybridized carbons (Fsp3) is 0.273. The summed E-state index contributed by atoms with van der Waals surface area (Å²) in [6, 6.07) is 14.2. The van der Waals surface area contributed by atoms with Gasteiger partial charge in [0, 0.05) is 21.2 Å². The Hall–Kier alpha value is -2.78. The van der Waals surface area contributed by atoms with Crippen LogP contribution in [-0.2, 0) is 0 Å². The molecule has 0 bridgehead atoms. The Balaban J connectivity index is 0.000000181. The summed E-state index contributed by atoms with van der Waals surface area (Å²) in [6.45, 7) is 3.94. The van der Waals surface area contributed by atoms with E-state index in [9.17, 15) is 0 Å². The highest BCUT2D eigenvalue weighted by Gasteiger charge is 2.14. The summed E-state index contributed by atoms with van der Waals surface area (Å²) < 4.78 is 10.3. The first kappa shape index (κ1) is 23.9. The molecule has 0 aliphatic heterocycles. The molecule has 0 aliphatic carbocycles. The van der Waals surface area contributed by atoms with Crippen LogP contribution in [0.3, 0.4) is 0 Å². The quantitative estimate of drug-likeness (QED) is 0.369. The molecule has 4 aromatic rings. The minimum Gasteiger partial charge on any atom is -0.334 e. The van der Waals surface area contributed by atoms with Crippen LogP contribution in [0.4, 0.5) is 0 Å². The summed E-state index contributed by atoms with van der Waals surface area (Å²) >= 11 is 11.8. The molecule has 4 N–H and O–H groups in total. The molecule has 8 nitrogen and oxygen atoms in total. The predicted octanol–water partition coefficient (Wildman–Crippen LogP) is 5.60. The van der Waals surface area contributed by atoms with Crippen LogP contribution in [0.1, 0.15) is 50.4 Å². The van der Waals surface area contributed by atoms with Crippen molar-refractivity contribution in [3.8, 4) is 22.9 Å². The molecular weight excluding hydrogens is 451 g/mol. The smallest absolute Gasteiger partial charge is 0.258 e. The molecule has 168 valence electrons. The van der Waals surface area contributed by atoms with E-state index in [1.165, 1.54) is 0 Å². The molecule has 0 aliphatic rings. The van der Waals surface area contributed by atoms with Crippen LogP contribution < -0.4 is 11.5 Å². The van der Waals surface area contributed by atoms with E-state index in [1.807, 2.05) is 38.1 Å². The molecule has 0 amide bonds. The van der Waals surface area contributed by atoms with Gasteiger partial charge < -0.3 is 20.5 Å². The topological polar surface area (TPSA) is 130 Å². The lowest BCUT2D eigenvalue weighted by atomic mass is 10.2. The third kappa shape index (κ3) is 6.14. The van der Waals surface area contributed by atoms with E-state index in [0.29, 0.717) is 33.5 Å². The van der Waals surface area contributed by atoms with E-state index in [4.69, 9.17) is 43.7 Å². The minimum absolute atomic E-state index is 0.184. The molecule has 32 heavy (non-hydrogen) atoms. The number of halogens is 2. The lowest BCUT2D eigenvalue weighted by Crippen LogP contribution is -2.10. The molecule has 0 fully saturated rings. The van der Waals surface area contributed by atoms with Crippen molar-refractivity contribution in [3.63, 3.8) is 0 Å². The van der Waals surface area contributed by atoms with E-state index in [1.54, 1.807) is 24.3 Å². The molecule has 0 saturated carbocycles. The number of hydrogen-bond donors (Lipinski definition) is 2. The van der Waals surface area contributed by atoms with Crippen molar-refractivity contribution in [2.24, 2.45) is 11.5 Å². The Bertz CT molecular complexity index is 1060. The Morgan fingerprint density at radius 1 is 0.750 bits per heavy atom. The second-order valence-corrected chi connectivity index (χ2v) is 7.84. The van der Waals surface area contributed by atoms with E-state index in [-0.39, 0.29) is 12.1 Å². The number of nitrogens with two attached hydrogens (primary N) is 2. The second kappa shape index (κ2) is 11.2. The average Bonchev–Trinajstić information content (AvgIpc) is 3.49. The number of hydrogen-bond acceptors (Lipinski definition) is 8. The lowest BCUT2D eigenvalue weighted by molar-refractivity contribution is 0.415. The van der Waals surface area contributed by atoms with Crippen molar-refractivity contribution in [2.75, 3.05) is 0 Å². The van der Waals surface area contributed by atoms with Crippen molar-refractivity contribution >= 4 is 23.2 Å². The zero-order valence-electron chi connectivity index (χ0n) is 17.7. The van der Waals surface area contributed by atoms with E-state index >= 15 is 0 Å². The van der Waals surface area contributed by atoms with Crippen molar-refractivity contribution < 1.29 is 9.05 Å². The largest absolute Gasteiger partial charge is 0.334 e. The first-order chi connectivity index (χ1) is 15.4. The molecule has 2 aromatic carbocycles. The molecule has 10 heteroatoms. The predicted molar refractivity (Wildman–Crippen MR) is 124 cm³/mol. The minimum atomic E-state index is -0.184. The van der Waals surface area contributed by atoms with E-state index in [0.717, 1.165) is 24.0 Å². The fourth-order valence-electron chi connectivity index (χ4n) is 2.61. The van der Waals surface area contributed by atoms with Crippen molar-refractivity contribution in [1.82, 2.24) is 20.3 Å². The lowest BCUT2D eigenvalue weighted by Gasteiger charge is -1.99. The third-order valence-corrected chi connectivity index (χ3v) is 5.04. The maximum absolute atomic E-state index is 5.88. The monoisotopic (exact) mass is 474 g/mol. The molecular formula is C22H24Cl2N6O2. The van der Waals surface area contributed by atoms with Gasteiger partial charge in [0.25, 0.3) is 11.8 Å². The van der Waals surface area contributed by atoms with Crippen LogP contribution in [0.25, 0.3) is 22.9 Å². The Kier molecular flexibility index (Phi) is 8.35. The van der Waals surface area contributed by atoms with E-state index in [2.05, 4.69) is 20.3 Å². The van der Waals surface area contributed by atoms with Gasteiger partial charge >= 0.3 is 0 Å². The first-order valence-corrected chi connectivity index (χ1v) is 10.9.